The minimum atomic E-state index is -2.40. The Morgan fingerprint density at radius 1 is 0.438 bits per heavy atom. The van der Waals surface area contributed by atoms with Gasteiger partial charge in [-0.15, -0.1) is 0 Å². The number of benzene rings is 2. The molecule has 12 nitrogen and oxygen atoms in total. The van der Waals surface area contributed by atoms with Gasteiger partial charge in [0.05, 0.1) is 0 Å². The van der Waals surface area contributed by atoms with E-state index in [-0.39, 0.29) is 75.3 Å². The zero-order valence-corrected chi connectivity index (χ0v) is 30.2. The molecule has 0 N–H and O–H groups in total. The molecular formula is C28H20Li2O12P2S4. The van der Waals surface area contributed by atoms with E-state index in [4.69, 9.17) is 26.0 Å². The molecule has 0 aliphatic heterocycles. The molecule has 2 aromatic carbocycles. The molecule has 0 saturated heterocycles. The minimum absolute atomic E-state index is 0. The predicted molar refractivity (Wildman–Crippen MR) is 171 cm³/mol. The fraction of sp³-hybridized carbons (Fsp3) is 0. The molecule has 0 spiro atoms. The molecule has 0 radical (unpaired) electrons. The Morgan fingerprint density at radius 2 is 0.729 bits per heavy atom. The number of hydrogen-bond donors (Lipinski definition) is 0. The van der Waals surface area contributed by atoms with E-state index in [1.807, 2.05) is 12.1 Å². The Balaban J connectivity index is 0.000000250. The van der Waals surface area contributed by atoms with Gasteiger partial charge in [-0.2, -0.15) is 0 Å². The van der Waals surface area contributed by atoms with Gasteiger partial charge in [0.15, 0.2) is 10.2 Å². The van der Waals surface area contributed by atoms with Crippen LogP contribution < -0.4 is 68.1 Å². The molecule has 240 valence electrons. The summed E-state index contributed by atoms with van der Waals surface area (Å²) < 4.78 is 99.0. The van der Waals surface area contributed by atoms with E-state index in [1.165, 1.54) is 12.1 Å². The van der Waals surface area contributed by atoms with Crippen molar-refractivity contribution in [1.29, 1.82) is 0 Å². The fourth-order valence-corrected chi connectivity index (χ4v) is 7.54. The maximum Gasteiger partial charge on any atom is 1.00 e. The monoisotopic (exact) mass is 752 g/mol. The fourth-order valence-electron chi connectivity index (χ4n) is 3.36. The Bertz CT molecular complexity index is 1840. The molecule has 6 atom stereocenters. The third-order valence-corrected chi connectivity index (χ3v) is 10.2. The third-order valence-electron chi connectivity index (χ3n) is 5.31. The zero-order chi connectivity index (χ0) is 32.5. The van der Waals surface area contributed by atoms with Crippen LogP contribution in [0.25, 0.3) is 0 Å². The molecule has 0 aliphatic carbocycles. The molecule has 6 aromatic rings. The molecule has 4 aromatic heterocycles. The predicted octanol–water partition coefficient (Wildman–Crippen LogP) is -2.31. The van der Waals surface area contributed by atoms with E-state index < -0.39 is 44.3 Å². The van der Waals surface area contributed by atoms with Crippen molar-refractivity contribution >= 4 is 83.5 Å². The van der Waals surface area contributed by atoms with Crippen LogP contribution in [0, 0.1) is 0 Å². The minimum Gasteiger partial charge on any atom is -0.766 e. The van der Waals surface area contributed by atoms with Gasteiger partial charge in [0.2, 0.25) is 10.2 Å². The topological polar surface area (TPSA) is 185 Å². The van der Waals surface area contributed by atoms with Gasteiger partial charge in [-0.25, -0.2) is 8.42 Å². The van der Waals surface area contributed by atoms with Gasteiger partial charge >= 0.3 is 37.7 Å². The molecule has 48 heavy (non-hydrogen) atoms. The van der Waals surface area contributed by atoms with Crippen molar-refractivity contribution in [1.82, 2.24) is 0 Å². The molecule has 0 saturated carbocycles. The summed E-state index contributed by atoms with van der Waals surface area (Å²) in [5.41, 5.74) is 1.95. The molecule has 0 aliphatic rings. The van der Waals surface area contributed by atoms with E-state index in [2.05, 4.69) is 0 Å². The summed E-state index contributed by atoms with van der Waals surface area (Å²) in [6, 6.07) is 29.8. The molecule has 20 heteroatoms. The number of hydrogen-bond acceptors (Lipinski definition) is 12. The smallest absolute Gasteiger partial charge is 0.766 e. The SMILES string of the molecule is O=S([O-])c1ccc(Pc2ccc(S(=O)Oc3ccccc3)o2)o1.O=S([O-])c1ccc(Pc2ccc(S(=O)Oc3ccccc3)o2)o1.[Li+].[Li+]. The van der Waals surface area contributed by atoms with Crippen LogP contribution in [0.1, 0.15) is 0 Å². The van der Waals surface area contributed by atoms with Crippen LogP contribution in [-0.2, 0) is 44.3 Å². The van der Waals surface area contributed by atoms with Crippen molar-refractivity contribution in [3.05, 3.63) is 109 Å². The van der Waals surface area contributed by atoms with Gasteiger partial charge in [-0.05, 0) is 72.8 Å². The summed E-state index contributed by atoms with van der Waals surface area (Å²) in [5.74, 6) is 0.944. The second kappa shape index (κ2) is 19.8. The van der Waals surface area contributed by atoms with Crippen LogP contribution in [0.15, 0.2) is 147 Å². The molecule has 4 heterocycles. The summed E-state index contributed by atoms with van der Waals surface area (Å²) >= 11 is -8.33. The maximum absolute atomic E-state index is 12.1. The van der Waals surface area contributed by atoms with Crippen LogP contribution in [0.2, 0.25) is 0 Å². The molecule has 6 unspecified atom stereocenters. The average Bonchev–Trinajstić information content (AvgIpc) is 3.87. The number of rotatable bonds is 12. The van der Waals surface area contributed by atoms with E-state index in [0.717, 1.165) is 0 Å². The molecule has 0 bridgehead atoms. The molecule has 0 amide bonds. The summed E-state index contributed by atoms with van der Waals surface area (Å²) in [6.07, 6.45) is 0. The molecular weight excluding hydrogens is 732 g/mol. The summed E-state index contributed by atoms with van der Waals surface area (Å²) in [5, 5.41) is 0.0941. The van der Waals surface area contributed by atoms with Crippen LogP contribution in [0.3, 0.4) is 0 Å². The van der Waals surface area contributed by atoms with Crippen molar-refractivity contribution in [3.63, 3.8) is 0 Å². The second-order valence-electron chi connectivity index (χ2n) is 8.46. The first-order chi connectivity index (χ1) is 22.2. The Hall–Kier alpha value is -2.27. The first-order valence-electron chi connectivity index (χ1n) is 12.7. The standard InChI is InChI=1S/2C14H11O6PS2.2Li/c2*15-22(16)13-8-6-11(18-13)21-12-7-9-14(19-12)23(17)20-10-4-2-1-3-5-10;;/h2*1-9,21H,(H,15,16);;/q;;2*+1/p-2. The van der Waals surface area contributed by atoms with E-state index >= 15 is 0 Å². The van der Waals surface area contributed by atoms with Gasteiger partial charge in [-0.3, -0.25) is 8.42 Å². The normalized spacial score (nSPS) is 13.5. The van der Waals surface area contributed by atoms with Crippen LogP contribution in [-0.4, -0.2) is 25.9 Å². The van der Waals surface area contributed by atoms with Crippen molar-refractivity contribution in [3.8, 4) is 11.5 Å². The third kappa shape index (κ3) is 12.0. The van der Waals surface area contributed by atoms with Crippen LogP contribution >= 0.6 is 17.2 Å². The van der Waals surface area contributed by atoms with Gasteiger partial charge in [-0.1, -0.05) is 36.4 Å². The van der Waals surface area contributed by atoms with E-state index in [1.54, 1.807) is 84.9 Å². The van der Waals surface area contributed by atoms with Crippen LogP contribution in [0.4, 0.5) is 0 Å². The van der Waals surface area contributed by atoms with E-state index in [0.29, 0.717) is 33.5 Å². The van der Waals surface area contributed by atoms with Crippen molar-refractivity contribution < 1.29 is 89.7 Å². The summed E-state index contributed by atoms with van der Waals surface area (Å²) in [7, 11) is -0.0498. The van der Waals surface area contributed by atoms with Crippen molar-refractivity contribution in [2.75, 3.05) is 0 Å². The Morgan fingerprint density at radius 3 is 1.02 bits per heavy atom. The Labute approximate surface area is 311 Å². The Kier molecular flexibility index (Phi) is 16.6. The largest absolute Gasteiger partial charge is 1.00 e. The van der Waals surface area contributed by atoms with Gasteiger partial charge in [0, 0.05) is 39.3 Å². The van der Waals surface area contributed by atoms with Gasteiger partial charge < -0.3 is 35.1 Å². The summed E-state index contributed by atoms with van der Waals surface area (Å²) in [4.78, 5) is 0. The second-order valence-corrected chi connectivity index (χ2v) is 14.7. The van der Waals surface area contributed by atoms with Gasteiger partial charge in [0.1, 0.15) is 33.5 Å². The van der Waals surface area contributed by atoms with Crippen molar-refractivity contribution in [2.45, 2.75) is 20.4 Å². The summed E-state index contributed by atoms with van der Waals surface area (Å²) in [6.45, 7) is 0. The van der Waals surface area contributed by atoms with Gasteiger partial charge in [0.25, 0.3) is 22.2 Å². The zero-order valence-electron chi connectivity index (χ0n) is 24.9. The average molecular weight is 753 g/mol. The van der Waals surface area contributed by atoms with Crippen LogP contribution in [0.5, 0.6) is 11.5 Å². The first kappa shape index (κ1) is 40.2. The van der Waals surface area contributed by atoms with Crippen molar-refractivity contribution in [2.24, 2.45) is 0 Å². The maximum atomic E-state index is 12.1. The van der Waals surface area contributed by atoms with E-state index in [9.17, 15) is 25.9 Å². The molecule has 0 fully saturated rings. The first-order valence-corrected chi connectivity index (χ1v) is 19.0. The molecule has 6 rings (SSSR count). The number of furan rings is 4. The number of para-hydroxylation sites is 2. The quantitative estimate of drug-likeness (QED) is 0.0741.